The largest absolute Gasteiger partial charge is 0.497 e. The number of fused-ring (bicyclic) bond motifs is 1. The maximum atomic E-state index is 13.2. The number of carbonyl (C=O) groups is 1. The van der Waals surface area contributed by atoms with Crippen LogP contribution >= 0.6 is 0 Å². The third-order valence-corrected chi connectivity index (χ3v) is 6.61. The fraction of sp³-hybridized carbons (Fsp3) is 0.267. The van der Waals surface area contributed by atoms with Crippen molar-refractivity contribution in [2.75, 3.05) is 28.4 Å². The number of hydrogen-bond donors (Lipinski definition) is 1. The fourth-order valence-corrected chi connectivity index (χ4v) is 4.61. The lowest BCUT2D eigenvalue weighted by Crippen LogP contribution is -2.29. The summed E-state index contributed by atoms with van der Waals surface area (Å²) >= 11 is 0. The average molecular weight is 517 g/mol. The Morgan fingerprint density at radius 3 is 2.13 bits per heavy atom. The maximum Gasteiger partial charge on any atom is 0.258 e. The van der Waals surface area contributed by atoms with Crippen LogP contribution in [0.5, 0.6) is 23.0 Å². The summed E-state index contributed by atoms with van der Waals surface area (Å²) in [6.07, 6.45) is 0.719. The van der Waals surface area contributed by atoms with Gasteiger partial charge in [0.1, 0.15) is 5.75 Å². The predicted octanol–water partition coefficient (Wildman–Crippen LogP) is 4.49. The van der Waals surface area contributed by atoms with Crippen LogP contribution in [-0.2, 0) is 24.8 Å². The summed E-state index contributed by atoms with van der Waals surface area (Å²) < 4.78 is 23.3. The van der Waals surface area contributed by atoms with Gasteiger partial charge >= 0.3 is 0 Å². The summed E-state index contributed by atoms with van der Waals surface area (Å²) in [6, 6.07) is 18.9. The summed E-state index contributed by atoms with van der Waals surface area (Å²) in [5.41, 5.74) is 3.28. The van der Waals surface area contributed by atoms with Crippen LogP contribution in [0, 0.1) is 0 Å². The van der Waals surface area contributed by atoms with E-state index in [1.165, 1.54) is 0 Å². The number of benzene rings is 3. The van der Waals surface area contributed by atoms with Gasteiger partial charge in [0.05, 0.1) is 35.0 Å². The minimum absolute atomic E-state index is 0.135. The molecule has 4 rings (SSSR count). The standard InChI is InChI=1S/C30H32N2O6/c1-32-24(18-31-27(33)14-11-19-15-25(36-3)29(38-5)26(16-19)37-4)28(20-9-7-6-8-10-20)23-17-21(35-2)12-13-22(23)30(32)34/h6-10,12-13,15-17H,11,14,18H2,1-5H3,(H,31,33). The average Bonchev–Trinajstić information content (AvgIpc) is 2.96. The van der Waals surface area contributed by atoms with Crippen LogP contribution in [0.2, 0.25) is 0 Å². The molecule has 8 heteroatoms. The minimum atomic E-state index is -0.143. The lowest BCUT2D eigenvalue weighted by atomic mass is 9.96. The molecule has 0 aliphatic carbocycles. The Kier molecular flexibility index (Phi) is 8.21. The second kappa shape index (κ2) is 11.7. The van der Waals surface area contributed by atoms with E-state index in [9.17, 15) is 9.59 Å². The third-order valence-electron chi connectivity index (χ3n) is 6.61. The summed E-state index contributed by atoms with van der Waals surface area (Å²) in [5, 5.41) is 4.37. The van der Waals surface area contributed by atoms with Gasteiger partial charge in [0.2, 0.25) is 11.7 Å². The summed E-state index contributed by atoms with van der Waals surface area (Å²) in [4.78, 5) is 26.2. The number of nitrogens with one attached hydrogen (secondary N) is 1. The molecule has 198 valence electrons. The van der Waals surface area contributed by atoms with Crippen LogP contribution in [-0.4, -0.2) is 38.9 Å². The van der Waals surface area contributed by atoms with Gasteiger partial charge in [-0.25, -0.2) is 0 Å². The van der Waals surface area contributed by atoms with E-state index >= 15 is 0 Å². The highest BCUT2D eigenvalue weighted by atomic mass is 16.5. The number of carbonyl (C=O) groups excluding carboxylic acids is 1. The Hall–Kier alpha value is -4.46. The van der Waals surface area contributed by atoms with Crippen LogP contribution in [0.4, 0.5) is 0 Å². The molecule has 1 N–H and O–H groups in total. The van der Waals surface area contributed by atoms with Gasteiger partial charge < -0.3 is 28.8 Å². The number of hydrogen-bond acceptors (Lipinski definition) is 6. The number of methoxy groups -OCH3 is 4. The molecule has 1 aromatic heterocycles. The molecule has 0 saturated carbocycles. The first kappa shape index (κ1) is 26.6. The van der Waals surface area contributed by atoms with Crippen molar-refractivity contribution in [3.05, 3.63) is 82.3 Å². The van der Waals surface area contributed by atoms with E-state index in [0.717, 1.165) is 22.1 Å². The third kappa shape index (κ3) is 5.29. The van der Waals surface area contributed by atoms with Gasteiger partial charge in [0.25, 0.3) is 5.56 Å². The molecule has 0 spiro atoms. The molecule has 8 nitrogen and oxygen atoms in total. The van der Waals surface area contributed by atoms with Crippen molar-refractivity contribution >= 4 is 16.7 Å². The molecular formula is C30H32N2O6. The van der Waals surface area contributed by atoms with E-state index in [0.29, 0.717) is 40.5 Å². The van der Waals surface area contributed by atoms with Crippen LogP contribution in [0.1, 0.15) is 17.7 Å². The molecule has 0 aliphatic rings. The first-order valence-corrected chi connectivity index (χ1v) is 12.2. The normalized spacial score (nSPS) is 10.8. The zero-order valence-electron chi connectivity index (χ0n) is 22.3. The number of aryl methyl sites for hydroxylation is 1. The van der Waals surface area contributed by atoms with Gasteiger partial charge in [-0.3, -0.25) is 9.59 Å². The van der Waals surface area contributed by atoms with Crippen LogP contribution < -0.4 is 29.8 Å². The van der Waals surface area contributed by atoms with Gasteiger partial charge in [-0.2, -0.15) is 0 Å². The van der Waals surface area contributed by atoms with Gasteiger partial charge in [-0.05, 0) is 47.9 Å². The minimum Gasteiger partial charge on any atom is -0.497 e. The zero-order chi connectivity index (χ0) is 27.2. The Morgan fingerprint density at radius 2 is 1.53 bits per heavy atom. The molecule has 0 saturated heterocycles. The lowest BCUT2D eigenvalue weighted by molar-refractivity contribution is -0.121. The molecule has 0 radical (unpaired) electrons. The van der Waals surface area contributed by atoms with E-state index in [-0.39, 0.29) is 24.4 Å². The molecule has 0 aliphatic heterocycles. The van der Waals surface area contributed by atoms with E-state index in [1.54, 1.807) is 52.2 Å². The molecule has 1 amide bonds. The predicted molar refractivity (Wildman–Crippen MR) is 147 cm³/mol. The van der Waals surface area contributed by atoms with E-state index in [2.05, 4.69) is 5.32 Å². The van der Waals surface area contributed by atoms with Crippen molar-refractivity contribution in [3.8, 4) is 34.1 Å². The summed E-state index contributed by atoms with van der Waals surface area (Å²) in [7, 11) is 7.99. The molecule has 4 aromatic rings. The Labute approximate surface area is 221 Å². The van der Waals surface area contributed by atoms with Crippen LogP contribution in [0.15, 0.2) is 65.5 Å². The first-order chi connectivity index (χ1) is 18.4. The second-order valence-corrected chi connectivity index (χ2v) is 8.77. The highest BCUT2D eigenvalue weighted by Crippen LogP contribution is 2.38. The quantitative estimate of drug-likeness (QED) is 0.334. The molecular weight excluding hydrogens is 484 g/mol. The zero-order valence-corrected chi connectivity index (χ0v) is 22.3. The SMILES string of the molecule is COc1ccc2c(=O)n(C)c(CNC(=O)CCc3cc(OC)c(OC)c(OC)c3)c(-c3ccccc3)c2c1. The molecule has 1 heterocycles. The van der Waals surface area contributed by atoms with Crippen molar-refractivity contribution in [1.82, 2.24) is 9.88 Å². The van der Waals surface area contributed by atoms with Crippen LogP contribution in [0.25, 0.3) is 21.9 Å². The van der Waals surface area contributed by atoms with Crippen molar-refractivity contribution in [1.29, 1.82) is 0 Å². The topological polar surface area (TPSA) is 88.0 Å². The smallest absolute Gasteiger partial charge is 0.258 e. The van der Waals surface area contributed by atoms with Crippen LogP contribution in [0.3, 0.4) is 0 Å². The molecule has 0 atom stereocenters. The van der Waals surface area contributed by atoms with Crippen molar-refractivity contribution in [2.24, 2.45) is 7.05 Å². The van der Waals surface area contributed by atoms with Crippen molar-refractivity contribution in [2.45, 2.75) is 19.4 Å². The molecule has 0 unspecified atom stereocenters. The fourth-order valence-electron chi connectivity index (χ4n) is 4.61. The van der Waals surface area contributed by atoms with E-state index in [4.69, 9.17) is 18.9 Å². The molecule has 3 aromatic carbocycles. The van der Waals surface area contributed by atoms with Crippen molar-refractivity contribution in [3.63, 3.8) is 0 Å². The highest BCUT2D eigenvalue weighted by Gasteiger charge is 2.18. The van der Waals surface area contributed by atoms with E-state index in [1.807, 2.05) is 48.5 Å². The van der Waals surface area contributed by atoms with Gasteiger partial charge in [-0.15, -0.1) is 0 Å². The van der Waals surface area contributed by atoms with Crippen molar-refractivity contribution < 1.29 is 23.7 Å². The second-order valence-electron chi connectivity index (χ2n) is 8.77. The Bertz CT molecular complexity index is 1490. The van der Waals surface area contributed by atoms with E-state index < -0.39 is 0 Å². The number of rotatable bonds is 10. The first-order valence-electron chi connectivity index (χ1n) is 12.2. The Morgan fingerprint density at radius 1 is 0.842 bits per heavy atom. The number of nitrogens with zero attached hydrogens (tertiary/aromatic N) is 1. The van der Waals surface area contributed by atoms with Gasteiger partial charge in [0.15, 0.2) is 11.5 Å². The van der Waals surface area contributed by atoms with Gasteiger partial charge in [0, 0.05) is 35.5 Å². The molecule has 0 bridgehead atoms. The molecule has 0 fully saturated rings. The lowest BCUT2D eigenvalue weighted by Gasteiger charge is -2.19. The summed E-state index contributed by atoms with van der Waals surface area (Å²) in [5.74, 6) is 2.09. The van der Waals surface area contributed by atoms with Gasteiger partial charge in [-0.1, -0.05) is 30.3 Å². The summed E-state index contributed by atoms with van der Waals surface area (Å²) in [6.45, 7) is 0.192. The molecule has 38 heavy (non-hydrogen) atoms. The highest BCUT2D eigenvalue weighted by molar-refractivity contribution is 5.98. The number of pyridine rings is 1. The maximum absolute atomic E-state index is 13.2. The monoisotopic (exact) mass is 516 g/mol. The Balaban J connectivity index is 1.62. The number of aromatic nitrogens is 1. The number of amides is 1. The number of ether oxygens (including phenoxy) is 4.